The number of carbonyl (C=O) groups excluding carboxylic acids is 2. The lowest BCUT2D eigenvalue weighted by Gasteiger charge is -2.31. The Hall–Kier alpha value is -2.29. The first-order valence-electron chi connectivity index (χ1n) is 10.5. The van der Waals surface area contributed by atoms with Crippen molar-refractivity contribution < 1.29 is 28.7 Å². The van der Waals surface area contributed by atoms with E-state index in [2.05, 4.69) is 0 Å². The third kappa shape index (κ3) is 5.19. The van der Waals surface area contributed by atoms with Gasteiger partial charge in [0.2, 0.25) is 5.12 Å². The van der Waals surface area contributed by atoms with Gasteiger partial charge in [-0.05, 0) is 38.1 Å². The van der Waals surface area contributed by atoms with Crippen LogP contribution in [0.4, 0.5) is 4.79 Å². The van der Waals surface area contributed by atoms with E-state index in [9.17, 15) is 19.5 Å². The highest BCUT2D eigenvalue weighted by molar-refractivity contribution is 8.14. The van der Waals surface area contributed by atoms with Crippen LogP contribution in [0.5, 0.6) is 5.75 Å². The summed E-state index contributed by atoms with van der Waals surface area (Å²) in [5, 5.41) is 10.0. The van der Waals surface area contributed by atoms with Crippen LogP contribution in [0, 0.1) is 5.92 Å². The van der Waals surface area contributed by atoms with Crippen LogP contribution in [0.15, 0.2) is 59.5 Å². The summed E-state index contributed by atoms with van der Waals surface area (Å²) in [7, 11) is 1.61. The first-order valence-corrected chi connectivity index (χ1v) is 12.3. The van der Waals surface area contributed by atoms with Crippen LogP contribution < -0.4 is 4.74 Å². The molecule has 6 nitrogen and oxygen atoms in total. The molecule has 1 saturated heterocycles. The largest absolute Gasteiger partial charge is 0.521 e. The lowest BCUT2D eigenvalue weighted by molar-refractivity contribution is -0.793. The van der Waals surface area contributed by atoms with E-state index >= 15 is 0 Å². The monoisotopic (exact) mass is 474 g/mol. The molecule has 1 unspecified atom stereocenters. The van der Waals surface area contributed by atoms with Gasteiger partial charge in [-0.2, -0.15) is 9.28 Å². The standard InChI is InChI=1S/C24H27NO5S2/c1-16(15-31-23(27)18-7-5-4-6-8-18)22(26)25(24(28)29)14-21(13-17(25)2)32-20-11-9-19(30-3)10-12-20/h4-12,16-17,21H,13-15H2,1-3H3/p+1/t16?,17-,21-,25-/m1/s1. The van der Waals surface area contributed by atoms with Crippen molar-refractivity contribution >= 4 is 40.6 Å². The SMILES string of the molecule is COc1ccc(S[C@@H]2C[C@@H](C)[N@@+](C(=O)O)(C(=O)C(C)CSC(=O)c3ccccc3)C2)cc1. The molecule has 0 aromatic heterocycles. The van der Waals surface area contributed by atoms with Crippen LogP contribution in [-0.4, -0.2) is 57.4 Å². The number of benzene rings is 2. The molecule has 0 aliphatic carbocycles. The molecule has 3 rings (SSSR count). The number of rotatable bonds is 7. The molecule has 8 heteroatoms. The second kappa shape index (κ2) is 10.6. The van der Waals surface area contributed by atoms with E-state index in [-0.39, 0.29) is 34.6 Å². The Morgan fingerprint density at radius 1 is 1.12 bits per heavy atom. The Kier molecular flexibility index (Phi) is 8.03. The van der Waals surface area contributed by atoms with Crippen molar-refractivity contribution in [1.29, 1.82) is 0 Å². The van der Waals surface area contributed by atoms with Crippen LogP contribution in [0.25, 0.3) is 0 Å². The van der Waals surface area contributed by atoms with Gasteiger partial charge in [0.25, 0.3) is 0 Å². The van der Waals surface area contributed by atoms with Gasteiger partial charge < -0.3 is 9.84 Å². The molecule has 1 aliphatic heterocycles. The molecule has 2 aromatic rings. The van der Waals surface area contributed by atoms with E-state index in [0.717, 1.165) is 22.4 Å². The maximum Gasteiger partial charge on any atom is 0.521 e. The van der Waals surface area contributed by atoms with Crippen LogP contribution in [-0.2, 0) is 4.79 Å². The molecule has 1 fully saturated rings. The van der Waals surface area contributed by atoms with E-state index in [0.29, 0.717) is 12.0 Å². The van der Waals surface area contributed by atoms with Crippen LogP contribution >= 0.6 is 23.5 Å². The molecule has 170 valence electrons. The number of imide groups is 1. The number of quaternary nitrogens is 1. The Bertz CT molecular complexity index is 966. The Morgan fingerprint density at radius 2 is 1.78 bits per heavy atom. The number of ether oxygens (including phenoxy) is 1. The fourth-order valence-electron chi connectivity index (χ4n) is 4.06. The average Bonchev–Trinajstić information content (AvgIpc) is 3.14. The van der Waals surface area contributed by atoms with E-state index in [4.69, 9.17) is 4.74 Å². The minimum Gasteiger partial charge on any atom is -0.497 e. The van der Waals surface area contributed by atoms with E-state index in [1.165, 1.54) is 0 Å². The number of nitrogens with zero attached hydrogens (tertiary/aromatic N) is 1. The first kappa shape index (κ1) is 24.4. The fourth-order valence-corrected chi connectivity index (χ4v) is 6.27. The number of amides is 2. The predicted octanol–water partition coefficient (Wildman–Crippen LogP) is 5.18. The van der Waals surface area contributed by atoms with Crippen molar-refractivity contribution in [2.75, 3.05) is 19.4 Å². The third-order valence-corrected chi connectivity index (χ3v) is 8.22. The number of hydrogen-bond donors (Lipinski definition) is 1. The van der Waals surface area contributed by atoms with Gasteiger partial charge in [-0.15, -0.1) is 11.8 Å². The van der Waals surface area contributed by atoms with Crippen molar-refractivity contribution in [3.05, 3.63) is 60.2 Å². The normalized spacial score (nSPS) is 23.5. The second-order valence-electron chi connectivity index (χ2n) is 8.04. The van der Waals surface area contributed by atoms with Gasteiger partial charge in [-0.25, -0.2) is 4.79 Å². The number of thioether (sulfide) groups is 2. The molecular formula is C24H28NO5S2+. The zero-order chi connectivity index (χ0) is 23.3. The van der Waals surface area contributed by atoms with E-state index in [1.54, 1.807) is 50.1 Å². The third-order valence-electron chi connectivity index (χ3n) is 5.84. The minimum atomic E-state index is -1.12. The molecule has 1 aliphatic rings. The summed E-state index contributed by atoms with van der Waals surface area (Å²) in [6, 6.07) is 16.2. The molecule has 2 amide bonds. The lowest BCUT2D eigenvalue weighted by atomic mass is 10.1. The second-order valence-corrected chi connectivity index (χ2v) is 10.4. The van der Waals surface area contributed by atoms with Crippen LogP contribution in [0.1, 0.15) is 30.6 Å². The fraction of sp³-hybridized carbons (Fsp3) is 0.375. The van der Waals surface area contributed by atoms with Gasteiger partial charge in [0.05, 0.1) is 18.3 Å². The highest BCUT2D eigenvalue weighted by atomic mass is 32.2. The molecule has 0 bridgehead atoms. The quantitative estimate of drug-likeness (QED) is 0.554. The van der Waals surface area contributed by atoms with Crippen molar-refractivity contribution in [3.8, 4) is 5.75 Å². The van der Waals surface area contributed by atoms with Crippen molar-refractivity contribution in [1.82, 2.24) is 0 Å². The van der Waals surface area contributed by atoms with Crippen molar-refractivity contribution in [3.63, 3.8) is 0 Å². The molecular weight excluding hydrogens is 446 g/mol. The summed E-state index contributed by atoms with van der Waals surface area (Å²) in [4.78, 5) is 39.2. The summed E-state index contributed by atoms with van der Waals surface area (Å²) >= 11 is 2.66. The highest BCUT2D eigenvalue weighted by Gasteiger charge is 2.57. The maximum atomic E-state index is 13.4. The molecule has 0 radical (unpaired) electrons. The Morgan fingerprint density at radius 3 is 2.38 bits per heavy atom. The number of hydrogen-bond acceptors (Lipinski definition) is 6. The van der Waals surface area contributed by atoms with E-state index < -0.39 is 16.5 Å². The summed E-state index contributed by atoms with van der Waals surface area (Å²) < 4.78 is 4.60. The maximum absolute atomic E-state index is 13.4. The Balaban J connectivity index is 1.68. The van der Waals surface area contributed by atoms with Gasteiger partial charge in [0, 0.05) is 22.6 Å². The highest BCUT2D eigenvalue weighted by Crippen LogP contribution is 2.39. The lowest BCUT2D eigenvalue weighted by Crippen LogP contribution is -2.61. The Labute approximate surface area is 196 Å². The van der Waals surface area contributed by atoms with Gasteiger partial charge in [-0.1, -0.05) is 42.1 Å². The number of methoxy groups -OCH3 is 1. The summed E-state index contributed by atoms with van der Waals surface area (Å²) in [6.07, 6.45) is -0.496. The average molecular weight is 475 g/mol. The number of carbonyl (C=O) groups is 3. The van der Waals surface area contributed by atoms with Gasteiger partial charge in [-0.3, -0.25) is 4.79 Å². The zero-order valence-corrected chi connectivity index (χ0v) is 20.0. The molecule has 0 spiro atoms. The molecule has 32 heavy (non-hydrogen) atoms. The number of likely N-dealkylation sites (tertiary alicyclic amines) is 1. The minimum absolute atomic E-state index is 0.00393. The van der Waals surface area contributed by atoms with Crippen LogP contribution in [0.3, 0.4) is 0 Å². The predicted molar refractivity (Wildman–Crippen MR) is 127 cm³/mol. The van der Waals surface area contributed by atoms with Crippen LogP contribution in [0.2, 0.25) is 0 Å². The van der Waals surface area contributed by atoms with Gasteiger partial charge >= 0.3 is 12.0 Å². The van der Waals surface area contributed by atoms with Crippen molar-refractivity contribution in [2.24, 2.45) is 5.92 Å². The molecule has 1 N–H and O–H groups in total. The summed E-state index contributed by atoms with van der Waals surface area (Å²) in [5.41, 5.74) is 0.574. The molecule has 4 atom stereocenters. The first-order chi connectivity index (χ1) is 15.3. The van der Waals surface area contributed by atoms with Gasteiger partial charge in [0.1, 0.15) is 18.3 Å². The zero-order valence-electron chi connectivity index (χ0n) is 18.4. The molecule has 2 aromatic carbocycles. The molecule has 0 saturated carbocycles. The van der Waals surface area contributed by atoms with Gasteiger partial charge in [0.15, 0.2) is 0 Å². The summed E-state index contributed by atoms with van der Waals surface area (Å²) in [6.45, 7) is 3.77. The smallest absolute Gasteiger partial charge is 0.497 e. The number of carboxylic acid groups (broad SMARTS) is 1. The van der Waals surface area contributed by atoms with E-state index in [1.807, 2.05) is 37.3 Å². The van der Waals surface area contributed by atoms with Crippen molar-refractivity contribution in [2.45, 2.75) is 36.5 Å². The molecule has 1 heterocycles. The topological polar surface area (TPSA) is 80.7 Å². The summed E-state index contributed by atoms with van der Waals surface area (Å²) in [5.74, 6) is 0.117.